The summed E-state index contributed by atoms with van der Waals surface area (Å²) in [6.07, 6.45) is -4.94. The second-order valence-electron chi connectivity index (χ2n) is 4.27. The minimum atomic E-state index is -4.94. The second-order valence-corrected chi connectivity index (χ2v) is 4.27. The quantitative estimate of drug-likeness (QED) is 0.644. The highest BCUT2D eigenvalue weighted by Crippen LogP contribution is 2.40. The predicted molar refractivity (Wildman–Crippen MR) is 73.8 cm³/mol. The van der Waals surface area contributed by atoms with Crippen LogP contribution in [0.2, 0.25) is 0 Å². The van der Waals surface area contributed by atoms with Crippen LogP contribution in [0.25, 0.3) is 0 Å². The normalized spacial score (nSPS) is 13.0. The van der Waals surface area contributed by atoms with E-state index in [1.807, 2.05) is 0 Å². The Labute approximate surface area is 135 Å². The van der Waals surface area contributed by atoms with Gasteiger partial charge in [0.05, 0.1) is 19.3 Å². The Balaban J connectivity index is 0.00000484. The van der Waals surface area contributed by atoms with Crippen LogP contribution in [0, 0.1) is 0 Å². The van der Waals surface area contributed by atoms with Crippen LogP contribution in [0.4, 0.5) is 22.0 Å². The molecule has 132 valence electrons. The number of ether oxygens (including phenoxy) is 2. The molecule has 1 rings (SSSR count). The zero-order valence-electron chi connectivity index (χ0n) is 12.1. The van der Waals surface area contributed by atoms with Gasteiger partial charge >= 0.3 is 18.1 Å². The lowest BCUT2D eigenvalue weighted by Crippen LogP contribution is -2.42. The molecule has 0 saturated carbocycles. The average molecular weight is 364 g/mol. The van der Waals surface area contributed by atoms with Gasteiger partial charge in [0, 0.05) is 0 Å². The number of carbonyl (C=O) groups is 1. The fourth-order valence-corrected chi connectivity index (χ4v) is 1.73. The van der Waals surface area contributed by atoms with E-state index in [1.54, 1.807) is 0 Å². The molecule has 0 unspecified atom stereocenters. The highest BCUT2D eigenvalue weighted by atomic mass is 35.5. The minimum absolute atomic E-state index is 0. The van der Waals surface area contributed by atoms with Crippen LogP contribution in [0.1, 0.15) is 24.1 Å². The van der Waals surface area contributed by atoms with Crippen molar-refractivity contribution in [2.45, 2.75) is 25.1 Å². The van der Waals surface area contributed by atoms with Crippen molar-refractivity contribution in [1.29, 1.82) is 0 Å². The molecule has 0 bridgehead atoms. The summed E-state index contributed by atoms with van der Waals surface area (Å²) in [4.78, 5) is 11.2. The minimum Gasteiger partial charge on any atom is -0.497 e. The van der Waals surface area contributed by atoms with Crippen molar-refractivity contribution >= 4 is 18.4 Å². The number of carbonyl (C=O) groups excluding carboxylic acids is 1. The number of hydrogen-bond acceptors (Lipinski definition) is 4. The lowest BCUT2D eigenvalue weighted by molar-refractivity contribution is -0.175. The van der Waals surface area contributed by atoms with E-state index in [2.05, 4.69) is 9.47 Å². The summed E-state index contributed by atoms with van der Waals surface area (Å²) in [6.45, 7) is 0.934. The molecule has 0 fully saturated rings. The van der Waals surface area contributed by atoms with Gasteiger partial charge < -0.3 is 15.2 Å². The second kappa shape index (κ2) is 7.78. The Morgan fingerprint density at radius 2 is 1.83 bits per heavy atom. The van der Waals surface area contributed by atoms with Gasteiger partial charge in [-0.2, -0.15) is 22.0 Å². The van der Waals surface area contributed by atoms with Gasteiger partial charge in [-0.15, -0.1) is 12.4 Å². The van der Waals surface area contributed by atoms with Crippen molar-refractivity contribution in [1.82, 2.24) is 0 Å². The number of methoxy groups -OCH3 is 1. The van der Waals surface area contributed by atoms with Gasteiger partial charge in [-0.25, -0.2) is 4.79 Å². The Kier molecular flexibility index (Phi) is 7.24. The van der Waals surface area contributed by atoms with Crippen molar-refractivity contribution in [2.24, 2.45) is 5.73 Å². The molecule has 0 radical (unpaired) electrons. The van der Waals surface area contributed by atoms with Crippen LogP contribution in [-0.2, 0) is 15.7 Å². The molecule has 0 aromatic heterocycles. The Bertz CT molecular complexity index is 551. The molecule has 10 heteroatoms. The lowest BCUT2D eigenvalue weighted by Gasteiger charge is -2.24. The molecule has 0 heterocycles. The van der Waals surface area contributed by atoms with E-state index in [9.17, 15) is 26.7 Å². The standard InChI is InChI=1S/C13H14F5NO3.ClH/c1-3-22-11(20)12(14,15)10(19)8-5-4-7(21-2)6-9(8)13(16,17)18;/h4-6,10H,3,19H2,1-2H3;1H/t10-;/m0./s1. The summed E-state index contributed by atoms with van der Waals surface area (Å²) in [5.41, 5.74) is 2.88. The molecule has 1 atom stereocenters. The zero-order chi connectivity index (χ0) is 17.1. The van der Waals surface area contributed by atoms with E-state index in [0.717, 1.165) is 19.2 Å². The topological polar surface area (TPSA) is 61.5 Å². The number of benzene rings is 1. The van der Waals surface area contributed by atoms with Gasteiger partial charge in [0.15, 0.2) is 0 Å². The Morgan fingerprint density at radius 1 is 1.26 bits per heavy atom. The molecule has 2 N–H and O–H groups in total. The van der Waals surface area contributed by atoms with Crippen molar-refractivity contribution in [3.63, 3.8) is 0 Å². The van der Waals surface area contributed by atoms with Gasteiger partial charge in [-0.1, -0.05) is 6.07 Å². The summed E-state index contributed by atoms with van der Waals surface area (Å²) >= 11 is 0. The molecular formula is C13H15ClF5NO3. The van der Waals surface area contributed by atoms with Crippen LogP contribution in [0.15, 0.2) is 18.2 Å². The summed E-state index contributed by atoms with van der Waals surface area (Å²) in [5.74, 6) is -6.46. The molecule has 0 aliphatic heterocycles. The fourth-order valence-electron chi connectivity index (χ4n) is 1.73. The highest BCUT2D eigenvalue weighted by molar-refractivity contribution is 5.85. The zero-order valence-corrected chi connectivity index (χ0v) is 12.9. The molecular weight excluding hydrogens is 349 g/mol. The first-order valence-corrected chi connectivity index (χ1v) is 6.11. The number of halogens is 6. The number of hydrogen-bond donors (Lipinski definition) is 1. The van der Waals surface area contributed by atoms with Crippen LogP contribution < -0.4 is 10.5 Å². The third kappa shape index (κ3) is 4.68. The van der Waals surface area contributed by atoms with Crippen LogP contribution in [0.5, 0.6) is 5.75 Å². The van der Waals surface area contributed by atoms with Crippen LogP contribution in [0.3, 0.4) is 0 Å². The highest BCUT2D eigenvalue weighted by Gasteiger charge is 2.50. The molecule has 23 heavy (non-hydrogen) atoms. The predicted octanol–water partition coefficient (Wildman–Crippen LogP) is 3.33. The van der Waals surface area contributed by atoms with Crippen molar-refractivity contribution in [3.05, 3.63) is 29.3 Å². The Morgan fingerprint density at radius 3 is 2.26 bits per heavy atom. The third-order valence-electron chi connectivity index (χ3n) is 2.84. The molecule has 1 aromatic carbocycles. The molecule has 0 spiro atoms. The smallest absolute Gasteiger partial charge is 0.416 e. The molecule has 0 aliphatic rings. The average Bonchev–Trinajstić information content (AvgIpc) is 2.45. The first kappa shape index (κ1) is 21.4. The molecule has 0 amide bonds. The summed E-state index contributed by atoms with van der Waals surface area (Å²) in [7, 11) is 1.13. The monoisotopic (exact) mass is 363 g/mol. The number of rotatable bonds is 5. The van der Waals surface area contributed by atoms with Crippen LogP contribution in [-0.4, -0.2) is 25.6 Å². The van der Waals surface area contributed by atoms with E-state index in [1.165, 1.54) is 6.92 Å². The van der Waals surface area contributed by atoms with Crippen molar-refractivity contribution in [2.75, 3.05) is 13.7 Å². The lowest BCUT2D eigenvalue weighted by atomic mass is 9.95. The van der Waals surface area contributed by atoms with E-state index in [0.29, 0.717) is 6.07 Å². The van der Waals surface area contributed by atoms with Crippen molar-refractivity contribution in [3.8, 4) is 5.75 Å². The molecule has 1 aromatic rings. The van der Waals surface area contributed by atoms with Crippen LogP contribution >= 0.6 is 12.4 Å². The third-order valence-corrected chi connectivity index (χ3v) is 2.84. The largest absolute Gasteiger partial charge is 0.497 e. The summed E-state index contributed by atoms with van der Waals surface area (Å²) in [6, 6.07) is -0.171. The Hall–Kier alpha value is -1.61. The number of nitrogens with two attached hydrogens (primary N) is 1. The maximum absolute atomic E-state index is 13.8. The van der Waals surface area contributed by atoms with E-state index in [4.69, 9.17) is 5.73 Å². The SMILES string of the molecule is CCOC(=O)C(F)(F)[C@@H](N)c1ccc(OC)cc1C(F)(F)F.Cl. The first-order valence-electron chi connectivity index (χ1n) is 6.11. The molecule has 0 saturated heterocycles. The maximum atomic E-state index is 13.8. The number of alkyl halides is 5. The van der Waals surface area contributed by atoms with E-state index < -0.39 is 35.2 Å². The van der Waals surface area contributed by atoms with Gasteiger partial charge in [-0.05, 0) is 24.6 Å². The van der Waals surface area contributed by atoms with Gasteiger partial charge in [0.2, 0.25) is 0 Å². The first-order chi connectivity index (χ1) is 10.1. The van der Waals surface area contributed by atoms with Gasteiger partial charge in [0.25, 0.3) is 0 Å². The van der Waals surface area contributed by atoms with E-state index >= 15 is 0 Å². The molecule has 0 aliphatic carbocycles. The van der Waals surface area contributed by atoms with Crippen molar-refractivity contribution < 1.29 is 36.2 Å². The van der Waals surface area contributed by atoms with Gasteiger partial charge in [0.1, 0.15) is 11.8 Å². The maximum Gasteiger partial charge on any atom is 0.416 e. The fraction of sp³-hybridized carbons (Fsp3) is 0.462. The number of esters is 1. The summed E-state index contributed by atoms with van der Waals surface area (Å²) in [5, 5.41) is 0. The van der Waals surface area contributed by atoms with E-state index in [-0.39, 0.29) is 24.8 Å². The molecule has 4 nitrogen and oxygen atoms in total. The summed E-state index contributed by atoms with van der Waals surface area (Å²) < 4.78 is 75.4. The van der Waals surface area contributed by atoms with Gasteiger partial charge in [-0.3, -0.25) is 0 Å².